The van der Waals surface area contributed by atoms with Crippen molar-refractivity contribution in [2.45, 2.75) is 29.8 Å². The highest BCUT2D eigenvalue weighted by molar-refractivity contribution is 7.90. The average Bonchev–Trinajstić information content (AvgIpc) is 2.71. The smallest absolute Gasteiger partial charge is 0.456 e. The van der Waals surface area contributed by atoms with Gasteiger partial charge < -0.3 is 9.84 Å². The molecule has 0 fully saturated rings. The van der Waals surface area contributed by atoms with Crippen molar-refractivity contribution in [3.8, 4) is 5.75 Å². The number of aliphatic hydroxyl groups is 1. The average molecular weight is 472 g/mol. The first kappa shape index (κ1) is 24.4. The van der Waals surface area contributed by atoms with E-state index in [-0.39, 0.29) is 23.6 Å². The molecule has 1 heterocycles. The highest BCUT2D eigenvalue weighted by Gasteiger charge is 2.63. The Balaban J connectivity index is 2.03. The summed E-state index contributed by atoms with van der Waals surface area (Å²) in [6.45, 7) is -2.02. The number of carbonyl (C=O) groups excluding carboxylic acids is 1. The number of alkyl halides is 6. The van der Waals surface area contributed by atoms with E-state index in [1.54, 1.807) is 4.72 Å². The second kappa shape index (κ2) is 9.09. The number of ether oxygens (including phenoxy) is 1. The normalized spacial score (nSPS) is 13.5. The van der Waals surface area contributed by atoms with Gasteiger partial charge in [-0.25, -0.2) is 17.5 Å². The second-order valence-electron chi connectivity index (χ2n) is 6.00. The topological polar surface area (TPSA) is 106 Å². The van der Waals surface area contributed by atoms with Gasteiger partial charge in [0.15, 0.2) is 0 Å². The van der Waals surface area contributed by atoms with Crippen molar-refractivity contribution in [3.05, 3.63) is 53.9 Å². The van der Waals surface area contributed by atoms with Crippen LogP contribution in [0.2, 0.25) is 0 Å². The van der Waals surface area contributed by atoms with Gasteiger partial charge in [-0.2, -0.15) is 22.0 Å². The molecule has 0 aliphatic heterocycles. The van der Waals surface area contributed by atoms with E-state index in [1.807, 2.05) is 0 Å². The predicted molar refractivity (Wildman–Crippen MR) is 92.6 cm³/mol. The third-order valence-corrected chi connectivity index (χ3v) is 5.12. The quantitative estimate of drug-likeness (QED) is 0.573. The SMILES string of the molecule is O=C(NS(=O)(=O)c1ccc(OCC(F)C(F)(F)C(F)(F)F)cc1)c1ccc(CO)nc1. The van der Waals surface area contributed by atoms with Crippen LogP contribution < -0.4 is 9.46 Å². The summed E-state index contributed by atoms with van der Waals surface area (Å²) in [6, 6.07) is 6.03. The van der Waals surface area contributed by atoms with Crippen molar-refractivity contribution in [2.24, 2.45) is 0 Å². The van der Waals surface area contributed by atoms with Crippen LogP contribution in [0, 0.1) is 0 Å². The maximum absolute atomic E-state index is 13.2. The van der Waals surface area contributed by atoms with E-state index in [4.69, 9.17) is 5.11 Å². The van der Waals surface area contributed by atoms with Crippen LogP contribution in [-0.2, 0) is 16.6 Å². The molecule has 1 unspecified atom stereocenters. The Morgan fingerprint density at radius 3 is 2.19 bits per heavy atom. The highest BCUT2D eigenvalue weighted by atomic mass is 32.2. The summed E-state index contributed by atoms with van der Waals surface area (Å²) in [6.07, 6.45) is -8.74. The van der Waals surface area contributed by atoms with Gasteiger partial charge in [-0.15, -0.1) is 0 Å². The van der Waals surface area contributed by atoms with Gasteiger partial charge in [0.2, 0.25) is 6.17 Å². The first-order valence-electron chi connectivity index (χ1n) is 8.22. The number of nitrogens with zero attached hydrogens (tertiary/aromatic N) is 1. The number of sulfonamides is 1. The molecule has 0 aliphatic carbocycles. The molecule has 31 heavy (non-hydrogen) atoms. The number of halogens is 6. The van der Waals surface area contributed by atoms with Gasteiger partial charge in [0.05, 0.1) is 22.8 Å². The van der Waals surface area contributed by atoms with Crippen LogP contribution in [0.5, 0.6) is 5.75 Å². The minimum Gasteiger partial charge on any atom is -0.490 e. The summed E-state index contributed by atoms with van der Waals surface area (Å²) < 4.78 is 106. The maximum atomic E-state index is 13.2. The first-order valence-corrected chi connectivity index (χ1v) is 9.70. The third kappa shape index (κ3) is 5.85. The Hall–Kier alpha value is -2.87. The van der Waals surface area contributed by atoms with E-state index < -0.39 is 45.7 Å². The second-order valence-corrected chi connectivity index (χ2v) is 7.68. The van der Waals surface area contributed by atoms with Crippen molar-refractivity contribution in [3.63, 3.8) is 0 Å². The number of benzene rings is 1. The van der Waals surface area contributed by atoms with Gasteiger partial charge in [0.25, 0.3) is 15.9 Å². The first-order chi connectivity index (χ1) is 14.3. The standard InChI is InChI=1S/C17H14F6N2O5S/c18-14(16(19,20)17(21,22)23)9-30-12-3-5-13(6-4-12)31(28,29)25-15(27)10-1-2-11(8-26)24-7-10/h1-7,14,26H,8-9H2,(H,25,27). The fourth-order valence-corrected chi connectivity index (χ4v) is 3.03. The Bertz CT molecular complexity index is 1010. The molecular formula is C17H14F6N2O5S. The van der Waals surface area contributed by atoms with Gasteiger partial charge >= 0.3 is 12.1 Å². The Labute approximate surface area is 171 Å². The lowest BCUT2D eigenvalue weighted by Crippen LogP contribution is -2.47. The third-order valence-electron chi connectivity index (χ3n) is 3.78. The molecule has 7 nitrogen and oxygen atoms in total. The van der Waals surface area contributed by atoms with Crippen LogP contribution in [0.1, 0.15) is 16.1 Å². The summed E-state index contributed by atoms with van der Waals surface area (Å²) in [5.41, 5.74) is 0.124. The molecule has 0 radical (unpaired) electrons. The number of aliphatic hydroxyl groups excluding tert-OH is 1. The number of hydrogen-bond donors (Lipinski definition) is 2. The van der Waals surface area contributed by atoms with Gasteiger partial charge in [-0.1, -0.05) is 0 Å². The lowest BCUT2D eigenvalue weighted by molar-refractivity contribution is -0.305. The molecule has 1 aromatic carbocycles. The van der Waals surface area contributed by atoms with E-state index in [1.165, 1.54) is 12.1 Å². The van der Waals surface area contributed by atoms with Crippen LogP contribution >= 0.6 is 0 Å². The number of rotatable bonds is 8. The molecule has 170 valence electrons. The lowest BCUT2D eigenvalue weighted by Gasteiger charge is -2.23. The van der Waals surface area contributed by atoms with Crippen LogP contribution in [-0.4, -0.2) is 49.3 Å². The lowest BCUT2D eigenvalue weighted by atomic mass is 10.2. The molecule has 14 heteroatoms. The molecule has 0 bridgehead atoms. The zero-order chi connectivity index (χ0) is 23.4. The zero-order valence-electron chi connectivity index (χ0n) is 15.2. The largest absolute Gasteiger partial charge is 0.490 e. The van der Waals surface area contributed by atoms with Crippen molar-refractivity contribution in [1.29, 1.82) is 0 Å². The van der Waals surface area contributed by atoms with E-state index in [0.717, 1.165) is 30.5 Å². The highest BCUT2D eigenvalue weighted by Crippen LogP contribution is 2.39. The van der Waals surface area contributed by atoms with Crippen molar-refractivity contribution < 1.29 is 49.4 Å². The number of nitrogens with one attached hydrogen (secondary N) is 1. The number of hydrogen-bond acceptors (Lipinski definition) is 6. The number of carbonyl (C=O) groups is 1. The molecule has 2 rings (SSSR count). The molecule has 0 saturated heterocycles. The summed E-state index contributed by atoms with van der Waals surface area (Å²) >= 11 is 0. The summed E-state index contributed by atoms with van der Waals surface area (Å²) in [5.74, 6) is -7.04. The Morgan fingerprint density at radius 1 is 1.10 bits per heavy atom. The number of pyridine rings is 1. The zero-order valence-corrected chi connectivity index (χ0v) is 16.1. The maximum Gasteiger partial charge on any atom is 0.456 e. The molecule has 0 saturated carbocycles. The van der Waals surface area contributed by atoms with E-state index in [9.17, 15) is 39.6 Å². The molecule has 1 atom stereocenters. The summed E-state index contributed by atoms with van der Waals surface area (Å²) in [4.78, 5) is 15.3. The number of amides is 1. The monoisotopic (exact) mass is 472 g/mol. The number of aromatic nitrogens is 1. The van der Waals surface area contributed by atoms with Gasteiger partial charge in [-0.05, 0) is 36.4 Å². The molecule has 1 aromatic heterocycles. The minimum absolute atomic E-state index is 0.125. The van der Waals surface area contributed by atoms with Crippen LogP contribution in [0.4, 0.5) is 26.3 Å². The van der Waals surface area contributed by atoms with Crippen LogP contribution in [0.15, 0.2) is 47.5 Å². The predicted octanol–water partition coefficient (Wildman–Crippen LogP) is 2.61. The minimum atomic E-state index is -6.10. The Morgan fingerprint density at radius 2 is 1.71 bits per heavy atom. The van der Waals surface area contributed by atoms with E-state index >= 15 is 0 Å². The fourth-order valence-electron chi connectivity index (χ4n) is 2.06. The van der Waals surface area contributed by atoms with Crippen LogP contribution in [0.25, 0.3) is 0 Å². The van der Waals surface area contributed by atoms with Gasteiger partial charge in [0, 0.05) is 6.20 Å². The molecular weight excluding hydrogens is 458 g/mol. The molecule has 1 amide bonds. The van der Waals surface area contributed by atoms with Crippen molar-refractivity contribution in [2.75, 3.05) is 6.61 Å². The summed E-state index contributed by atoms with van der Waals surface area (Å²) in [5, 5.41) is 8.89. The van der Waals surface area contributed by atoms with Crippen molar-refractivity contribution in [1.82, 2.24) is 9.71 Å². The molecule has 2 aromatic rings. The van der Waals surface area contributed by atoms with Crippen LogP contribution in [0.3, 0.4) is 0 Å². The van der Waals surface area contributed by atoms with Crippen molar-refractivity contribution >= 4 is 15.9 Å². The Kier molecular flexibility index (Phi) is 7.16. The molecule has 2 N–H and O–H groups in total. The van der Waals surface area contributed by atoms with Gasteiger partial charge in [-0.3, -0.25) is 9.78 Å². The molecule has 0 spiro atoms. The van der Waals surface area contributed by atoms with E-state index in [2.05, 4.69) is 9.72 Å². The summed E-state index contributed by atoms with van der Waals surface area (Å²) in [7, 11) is -4.39. The van der Waals surface area contributed by atoms with E-state index in [0.29, 0.717) is 0 Å². The van der Waals surface area contributed by atoms with Gasteiger partial charge in [0.1, 0.15) is 12.4 Å². The fraction of sp³-hybridized carbons (Fsp3) is 0.294. The molecule has 0 aliphatic rings.